The normalized spacial score (nSPS) is 12.8. The summed E-state index contributed by atoms with van der Waals surface area (Å²) in [7, 11) is 1.76. The van der Waals surface area contributed by atoms with Crippen molar-refractivity contribution in [2.75, 3.05) is 0 Å². The molecule has 1 aromatic heterocycles. The third-order valence-corrected chi connectivity index (χ3v) is 4.05. The molecule has 0 saturated carbocycles. The number of aliphatic hydroxyl groups excluding tert-OH is 1. The maximum atomic E-state index is 13.9. The van der Waals surface area contributed by atoms with E-state index in [1.165, 1.54) is 12.1 Å². The second-order valence-electron chi connectivity index (χ2n) is 4.75. The lowest BCUT2D eigenvalue weighted by atomic mass is 9.99. The van der Waals surface area contributed by atoms with Crippen LogP contribution < -0.4 is 0 Å². The smallest absolute Gasteiger partial charge is 0.143 e. The zero-order valence-corrected chi connectivity index (χ0v) is 13.0. The minimum Gasteiger partial charge on any atom is -0.388 e. The maximum Gasteiger partial charge on any atom is 0.143 e. The number of aromatic nitrogens is 2. The lowest BCUT2D eigenvalue weighted by molar-refractivity contribution is 0.174. The van der Waals surface area contributed by atoms with Crippen molar-refractivity contribution in [1.29, 1.82) is 0 Å². The zero-order chi connectivity index (χ0) is 15.0. The molecule has 3 nitrogen and oxygen atoms in total. The van der Waals surface area contributed by atoms with E-state index in [1.807, 2.05) is 6.92 Å². The Morgan fingerprint density at radius 1 is 1.35 bits per heavy atom. The molecule has 0 aliphatic rings. The van der Waals surface area contributed by atoms with Crippen LogP contribution in [0.1, 0.15) is 28.6 Å². The molecule has 20 heavy (non-hydrogen) atoms. The van der Waals surface area contributed by atoms with Crippen LogP contribution >= 0.6 is 15.9 Å². The molecule has 108 valence electrons. The van der Waals surface area contributed by atoms with Crippen LogP contribution in [0.5, 0.6) is 0 Å². The molecule has 1 unspecified atom stereocenters. The summed E-state index contributed by atoms with van der Waals surface area (Å²) in [5.41, 5.74) is 1.93. The molecule has 0 amide bonds. The van der Waals surface area contributed by atoms with Gasteiger partial charge in [-0.3, -0.25) is 4.68 Å². The van der Waals surface area contributed by atoms with Crippen molar-refractivity contribution < 1.29 is 13.9 Å². The fraction of sp³-hybridized carbons (Fsp3) is 0.357. The molecule has 1 N–H and O–H groups in total. The monoisotopic (exact) mass is 344 g/mol. The van der Waals surface area contributed by atoms with Gasteiger partial charge in [0.25, 0.3) is 0 Å². The minimum atomic E-state index is -0.998. The number of benzene rings is 1. The van der Waals surface area contributed by atoms with Gasteiger partial charge in [-0.05, 0) is 41.9 Å². The SMILES string of the molecule is Cc1nn(C)c(C)c1C(O)Cc1c(F)ccc(Br)c1F. The van der Waals surface area contributed by atoms with E-state index in [0.717, 1.165) is 5.69 Å². The second kappa shape index (κ2) is 5.61. The van der Waals surface area contributed by atoms with Crippen molar-refractivity contribution in [3.05, 3.63) is 50.8 Å². The molecule has 0 radical (unpaired) electrons. The molecule has 0 bridgehead atoms. The Hall–Kier alpha value is -1.27. The Balaban J connectivity index is 2.38. The van der Waals surface area contributed by atoms with Gasteiger partial charge in [-0.2, -0.15) is 5.10 Å². The van der Waals surface area contributed by atoms with Crippen LogP contribution in [-0.2, 0) is 13.5 Å². The highest BCUT2D eigenvalue weighted by molar-refractivity contribution is 9.10. The molecule has 0 saturated heterocycles. The van der Waals surface area contributed by atoms with Gasteiger partial charge in [-0.1, -0.05) is 0 Å². The Bertz CT molecular complexity index is 655. The van der Waals surface area contributed by atoms with Crippen LogP contribution in [0, 0.1) is 25.5 Å². The lowest BCUT2D eigenvalue weighted by Gasteiger charge is -2.13. The number of hydrogen-bond acceptors (Lipinski definition) is 2. The number of rotatable bonds is 3. The second-order valence-corrected chi connectivity index (χ2v) is 5.60. The van der Waals surface area contributed by atoms with E-state index in [-0.39, 0.29) is 16.5 Å². The van der Waals surface area contributed by atoms with Crippen LogP contribution in [0.2, 0.25) is 0 Å². The van der Waals surface area contributed by atoms with Gasteiger partial charge in [0, 0.05) is 30.3 Å². The molecule has 2 rings (SSSR count). The summed E-state index contributed by atoms with van der Waals surface area (Å²) >= 11 is 3.02. The van der Waals surface area contributed by atoms with Crippen LogP contribution in [0.15, 0.2) is 16.6 Å². The first-order chi connectivity index (χ1) is 9.32. The fourth-order valence-electron chi connectivity index (χ4n) is 2.32. The van der Waals surface area contributed by atoms with Crippen molar-refractivity contribution in [1.82, 2.24) is 9.78 Å². The number of hydrogen-bond donors (Lipinski definition) is 1. The average molecular weight is 345 g/mol. The van der Waals surface area contributed by atoms with Gasteiger partial charge >= 0.3 is 0 Å². The number of halogens is 3. The van der Waals surface area contributed by atoms with Gasteiger partial charge in [0.15, 0.2) is 0 Å². The van der Waals surface area contributed by atoms with Crippen molar-refractivity contribution in [3.8, 4) is 0 Å². The lowest BCUT2D eigenvalue weighted by Crippen LogP contribution is -2.08. The summed E-state index contributed by atoms with van der Waals surface area (Å²) in [4.78, 5) is 0. The third-order valence-electron chi connectivity index (χ3n) is 3.43. The molecule has 1 atom stereocenters. The summed E-state index contributed by atoms with van der Waals surface area (Å²) < 4.78 is 29.5. The Morgan fingerprint density at radius 3 is 2.55 bits per heavy atom. The van der Waals surface area contributed by atoms with Gasteiger partial charge in [0.1, 0.15) is 11.6 Å². The molecular weight excluding hydrogens is 330 g/mol. The molecule has 6 heteroatoms. The molecule has 0 fully saturated rings. The first kappa shape index (κ1) is 15.1. The van der Waals surface area contributed by atoms with Crippen molar-refractivity contribution in [3.63, 3.8) is 0 Å². The quantitative estimate of drug-likeness (QED) is 0.867. The number of nitrogens with zero attached hydrogens (tertiary/aromatic N) is 2. The van der Waals surface area contributed by atoms with Crippen molar-refractivity contribution in [2.45, 2.75) is 26.4 Å². The summed E-state index contributed by atoms with van der Waals surface area (Å²) in [6, 6.07) is 2.49. The Labute approximate surface area is 124 Å². The van der Waals surface area contributed by atoms with Gasteiger partial charge in [0.05, 0.1) is 16.3 Å². The summed E-state index contributed by atoms with van der Waals surface area (Å²) in [5.74, 6) is -1.34. The number of aryl methyl sites for hydroxylation is 2. The third kappa shape index (κ3) is 2.62. The fourth-order valence-corrected chi connectivity index (χ4v) is 2.70. The summed E-state index contributed by atoms with van der Waals surface area (Å²) in [6.45, 7) is 3.57. The first-order valence-corrected chi connectivity index (χ1v) is 6.92. The largest absolute Gasteiger partial charge is 0.388 e. The van der Waals surface area contributed by atoms with Gasteiger partial charge < -0.3 is 5.11 Å². The summed E-state index contributed by atoms with van der Waals surface area (Å²) in [6.07, 6.45) is -1.13. The highest BCUT2D eigenvalue weighted by atomic mass is 79.9. The van der Waals surface area contributed by atoms with Crippen LogP contribution in [0.25, 0.3) is 0 Å². The topological polar surface area (TPSA) is 38.0 Å². The number of aliphatic hydroxyl groups is 1. The average Bonchev–Trinajstić information content (AvgIpc) is 2.63. The van der Waals surface area contributed by atoms with Crippen LogP contribution in [0.4, 0.5) is 8.78 Å². The predicted octanol–water partition coefficient (Wildman–Crippen LogP) is 3.35. The Kier molecular flexibility index (Phi) is 4.25. The standard InChI is InChI=1S/C14H15BrF2N2O/c1-7-13(8(2)19(3)18-7)12(20)6-9-11(16)5-4-10(15)14(9)17/h4-5,12,20H,6H2,1-3H3. The molecule has 1 heterocycles. The van der Waals surface area contributed by atoms with E-state index in [0.29, 0.717) is 11.3 Å². The molecule has 0 aliphatic carbocycles. The van der Waals surface area contributed by atoms with Gasteiger partial charge in [0.2, 0.25) is 0 Å². The molecular formula is C14H15BrF2N2O. The van der Waals surface area contributed by atoms with Gasteiger partial charge in [-0.25, -0.2) is 8.78 Å². The van der Waals surface area contributed by atoms with Crippen LogP contribution in [0.3, 0.4) is 0 Å². The van der Waals surface area contributed by atoms with E-state index < -0.39 is 17.7 Å². The van der Waals surface area contributed by atoms with E-state index >= 15 is 0 Å². The summed E-state index contributed by atoms with van der Waals surface area (Å²) in [5, 5.41) is 14.5. The molecule has 0 aliphatic heterocycles. The molecule has 2 aromatic rings. The minimum absolute atomic E-state index is 0.130. The first-order valence-electron chi connectivity index (χ1n) is 6.13. The van der Waals surface area contributed by atoms with E-state index in [4.69, 9.17) is 0 Å². The predicted molar refractivity (Wildman–Crippen MR) is 75.4 cm³/mol. The van der Waals surface area contributed by atoms with E-state index in [9.17, 15) is 13.9 Å². The highest BCUT2D eigenvalue weighted by Gasteiger charge is 2.22. The van der Waals surface area contributed by atoms with Crippen LogP contribution in [-0.4, -0.2) is 14.9 Å². The highest BCUT2D eigenvalue weighted by Crippen LogP contribution is 2.29. The van der Waals surface area contributed by atoms with Crippen molar-refractivity contribution >= 4 is 15.9 Å². The van der Waals surface area contributed by atoms with E-state index in [2.05, 4.69) is 21.0 Å². The molecule has 1 aromatic carbocycles. The van der Waals surface area contributed by atoms with Gasteiger partial charge in [-0.15, -0.1) is 0 Å². The van der Waals surface area contributed by atoms with Crippen molar-refractivity contribution in [2.24, 2.45) is 7.05 Å². The van der Waals surface area contributed by atoms with E-state index in [1.54, 1.807) is 18.7 Å². The zero-order valence-electron chi connectivity index (χ0n) is 11.4. The maximum absolute atomic E-state index is 13.9. The molecule has 0 spiro atoms. The Morgan fingerprint density at radius 2 is 2.00 bits per heavy atom.